The molecule has 2 heterocycles. The van der Waals surface area contributed by atoms with Gasteiger partial charge in [0, 0.05) is 4.88 Å². The minimum absolute atomic E-state index is 0.206. The van der Waals surface area contributed by atoms with Gasteiger partial charge in [-0.1, -0.05) is 24.2 Å². The van der Waals surface area contributed by atoms with E-state index in [1.54, 1.807) is 23.5 Å². The van der Waals surface area contributed by atoms with Crippen molar-refractivity contribution in [2.75, 3.05) is 5.73 Å². The van der Waals surface area contributed by atoms with Crippen LogP contribution in [0.25, 0.3) is 21.7 Å². The largest absolute Gasteiger partial charge is 0.367 e. The zero-order valence-electron chi connectivity index (χ0n) is 10.9. The van der Waals surface area contributed by atoms with Crippen LogP contribution < -0.4 is 5.73 Å². The van der Waals surface area contributed by atoms with Gasteiger partial charge in [0.05, 0.1) is 10.4 Å². The fourth-order valence-corrected chi connectivity index (χ4v) is 3.02. The number of halogens is 1. The molecule has 0 aliphatic heterocycles. The third-order valence-corrected chi connectivity index (χ3v) is 4.31. The third kappa shape index (κ3) is 2.20. The van der Waals surface area contributed by atoms with Gasteiger partial charge in [-0.3, -0.25) is 0 Å². The van der Waals surface area contributed by atoms with Gasteiger partial charge in [-0.2, -0.15) is 0 Å². The number of rotatable bonds is 3. The fourth-order valence-electron chi connectivity index (χ4n) is 2.09. The van der Waals surface area contributed by atoms with Crippen molar-refractivity contribution in [3.63, 3.8) is 0 Å². The minimum atomic E-state index is -0.311. The van der Waals surface area contributed by atoms with Crippen molar-refractivity contribution in [2.24, 2.45) is 0 Å². The predicted octanol–water partition coefficient (Wildman–Crippen LogP) is 4.35. The van der Waals surface area contributed by atoms with Gasteiger partial charge in [0.1, 0.15) is 11.5 Å². The Bertz CT molecular complexity index is 748. The van der Waals surface area contributed by atoms with E-state index in [1.807, 2.05) is 6.07 Å². The first kappa shape index (κ1) is 12.9. The number of aromatic nitrogens is 1. The Labute approximate surface area is 119 Å². The van der Waals surface area contributed by atoms with Crippen LogP contribution in [0, 0.1) is 5.82 Å². The average Bonchev–Trinajstić information content (AvgIpc) is 3.04. The molecule has 3 nitrogen and oxygen atoms in total. The van der Waals surface area contributed by atoms with E-state index in [9.17, 15) is 4.39 Å². The molecule has 20 heavy (non-hydrogen) atoms. The Morgan fingerprint density at radius 3 is 2.85 bits per heavy atom. The normalized spacial score (nSPS) is 10.9. The summed E-state index contributed by atoms with van der Waals surface area (Å²) in [6.07, 6.45) is 0.966. The lowest BCUT2D eigenvalue weighted by atomic mass is 10.0. The highest BCUT2D eigenvalue weighted by Gasteiger charge is 2.19. The first-order valence-corrected chi connectivity index (χ1v) is 7.11. The number of nitrogens with zero attached hydrogens (tertiary/aromatic N) is 1. The Morgan fingerprint density at radius 2 is 2.15 bits per heavy atom. The standard InChI is InChI=1S/C15H13FN2OS/c1-2-11-6-7-12(20-11)14-13(15(17)19-18-14)9-4-3-5-10(16)8-9/h3-8H,2,17H2,1H3. The summed E-state index contributed by atoms with van der Waals surface area (Å²) in [6.45, 7) is 2.10. The van der Waals surface area contributed by atoms with Crippen LogP contribution in [0.4, 0.5) is 10.3 Å². The second-order valence-corrected chi connectivity index (χ2v) is 5.57. The Kier molecular flexibility index (Phi) is 3.28. The molecule has 0 saturated carbocycles. The average molecular weight is 288 g/mol. The highest BCUT2D eigenvalue weighted by atomic mass is 32.1. The molecule has 0 aliphatic carbocycles. The Balaban J connectivity index is 2.14. The first-order valence-electron chi connectivity index (χ1n) is 6.29. The molecule has 0 bridgehead atoms. The van der Waals surface area contributed by atoms with E-state index < -0.39 is 0 Å². The Morgan fingerprint density at radius 1 is 1.30 bits per heavy atom. The van der Waals surface area contributed by atoms with Gasteiger partial charge in [-0.15, -0.1) is 11.3 Å². The number of nitrogens with two attached hydrogens (primary N) is 1. The molecule has 0 atom stereocenters. The number of aryl methyl sites for hydroxylation is 1. The van der Waals surface area contributed by atoms with E-state index >= 15 is 0 Å². The van der Waals surface area contributed by atoms with Gasteiger partial charge in [0.25, 0.3) is 0 Å². The second-order valence-electron chi connectivity index (χ2n) is 4.40. The molecule has 0 aliphatic rings. The van der Waals surface area contributed by atoms with Crippen LogP contribution in [0.3, 0.4) is 0 Å². The van der Waals surface area contributed by atoms with Crippen molar-refractivity contribution >= 4 is 17.2 Å². The summed E-state index contributed by atoms with van der Waals surface area (Å²) in [4.78, 5) is 2.23. The minimum Gasteiger partial charge on any atom is -0.367 e. The lowest BCUT2D eigenvalue weighted by Gasteiger charge is -2.01. The van der Waals surface area contributed by atoms with Crippen molar-refractivity contribution in [3.05, 3.63) is 47.1 Å². The van der Waals surface area contributed by atoms with Crippen molar-refractivity contribution < 1.29 is 8.91 Å². The molecule has 1 aromatic carbocycles. The van der Waals surface area contributed by atoms with Gasteiger partial charge in [0.15, 0.2) is 0 Å². The molecule has 2 N–H and O–H groups in total. The molecule has 0 fully saturated rings. The predicted molar refractivity (Wildman–Crippen MR) is 79.0 cm³/mol. The van der Waals surface area contributed by atoms with Crippen LogP contribution >= 0.6 is 11.3 Å². The van der Waals surface area contributed by atoms with Crippen LogP contribution in [0.5, 0.6) is 0 Å². The fraction of sp³-hybridized carbons (Fsp3) is 0.133. The number of anilines is 1. The molecule has 0 saturated heterocycles. The van der Waals surface area contributed by atoms with Gasteiger partial charge in [0.2, 0.25) is 5.88 Å². The molecule has 0 amide bonds. The summed E-state index contributed by atoms with van der Waals surface area (Å²) in [7, 11) is 0. The zero-order chi connectivity index (χ0) is 14.1. The number of hydrogen-bond donors (Lipinski definition) is 1. The van der Waals surface area contributed by atoms with Gasteiger partial charge in [-0.05, 0) is 36.2 Å². The summed E-state index contributed by atoms with van der Waals surface area (Å²) >= 11 is 1.64. The van der Waals surface area contributed by atoms with E-state index in [0.717, 1.165) is 11.3 Å². The number of nitrogen functional groups attached to an aromatic ring is 1. The third-order valence-electron chi connectivity index (χ3n) is 3.08. The van der Waals surface area contributed by atoms with E-state index in [1.165, 1.54) is 17.0 Å². The van der Waals surface area contributed by atoms with Gasteiger partial charge in [-0.25, -0.2) is 4.39 Å². The zero-order valence-corrected chi connectivity index (χ0v) is 11.7. The van der Waals surface area contributed by atoms with E-state index in [2.05, 4.69) is 18.1 Å². The molecule has 5 heteroatoms. The summed E-state index contributed by atoms with van der Waals surface area (Å²) in [5.74, 6) is -0.105. The smallest absolute Gasteiger partial charge is 0.230 e. The Hall–Kier alpha value is -2.14. The van der Waals surface area contributed by atoms with Crippen molar-refractivity contribution in [1.82, 2.24) is 5.16 Å². The lowest BCUT2D eigenvalue weighted by molar-refractivity contribution is 0.439. The highest BCUT2D eigenvalue weighted by molar-refractivity contribution is 7.15. The van der Waals surface area contributed by atoms with Crippen LogP contribution in [-0.2, 0) is 6.42 Å². The van der Waals surface area contributed by atoms with Crippen molar-refractivity contribution in [1.29, 1.82) is 0 Å². The number of hydrogen-bond acceptors (Lipinski definition) is 4. The number of benzene rings is 1. The summed E-state index contributed by atoms with van der Waals surface area (Å²) in [5, 5.41) is 4.03. The molecule has 0 spiro atoms. The van der Waals surface area contributed by atoms with Crippen LogP contribution in [0.15, 0.2) is 40.9 Å². The molecular formula is C15H13FN2OS. The van der Waals surface area contributed by atoms with Crippen molar-refractivity contribution in [2.45, 2.75) is 13.3 Å². The maximum Gasteiger partial charge on any atom is 0.230 e. The van der Waals surface area contributed by atoms with E-state index in [4.69, 9.17) is 10.3 Å². The summed E-state index contributed by atoms with van der Waals surface area (Å²) < 4.78 is 18.5. The lowest BCUT2D eigenvalue weighted by Crippen LogP contribution is -1.87. The van der Waals surface area contributed by atoms with Crippen LogP contribution in [0.1, 0.15) is 11.8 Å². The monoisotopic (exact) mass is 288 g/mol. The maximum atomic E-state index is 13.4. The maximum absolute atomic E-state index is 13.4. The van der Waals surface area contributed by atoms with E-state index in [0.29, 0.717) is 16.8 Å². The van der Waals surface area contributed by atoms with Gasteiger partial charge >= 0.3 is 0 Å². The van der Waals surface area contributed by atoms with Crippen LogP contribution in [0.2, 0.25) is 0 Å². The van der Waals surface area contributed by atoms with E-state index in [-0.39, 0.29) is 11.7 Å². The molecular weight excluding hydrogens is 275 g/mol. The number of thiophene rings is 1. The summed E-state index contributed by atoms with van der Waals surface area (Å²) in [5.41, 5.74) is 7.84. The topological polar surface area (TPSA) is 52.0 Å². The molecule has 3 aromatic rings. The van der Waals surface area contributed by atoms with Gasteiger partial charge < -0.3 is 10.3 Å². The van der Waals surface area contributed by atoms with Crippen molar-refractivity contribution in [3.8, 4) is 21.7 Å². The molecule has 2 aromatic heterocycles. The first-order chi connectivity index (χ1) is 9.69. The molecule has 0 radical (unpaired) electrons. The molecule has 0 unspecified atom stereocenters. The SMILES string of the molecule is CCc1ccc(-c2noc(N)c2-c2cccc(F)c2)s1. The molecule has 3 rings (SSSR count). The molecule has 102 valence electrons. The highest BCUT2D eigenvalue weighted by Crippen LogP contribution is 2.39. The van der Waals surface area contributed by atoms with Crippen LogP contribution in [-0.4, -0.2) is 5.16 Å². The quantitative estimate of drug-likeness (QED) is 0.779. The summed E-state index contributed by atoms with van der Waals surface area (Å²) in [6, 6.07) is 10.3. The second kappa shape index (κ2) is 5.09.